The van der Waals surface area contributed by atoms with Gasteiger partial charge in [0.2, 0.25) is 0 Å². The van der Waals surface area contributed by atoms with E-state index in [4.69, 9.17) is 39.5 Å². The van der Waals surface area contributed by atoms with Gasteiger partial charge in [-0.1, -0.05) is 53.0 Å². The number of benzene rings is 3. The highest BCUT2D eigenvalue weighted by Crippen LogP contribution is 2.31. The van der Waals surface area contributed by atoms with Crippen LogP contribution in [0.5, 0.6) is 5.75 Å². The van der Waals surface area contributed by atoms with Crippen molar-refractivity contribution in [1.82, 2.24) is 0 Å². The molecule has 0 aromatic heterocycles. The number of nitriles is 1. The van der Waals surface area contributed by atoms with Gasteiger partial charge in [0, 0.05) is 21.3 Å². The van der Waals surface area contributed by atoms with Gasteiger partial charge in [-0.15, -0.1) is 0 Å². The summed E-state index contributed by atoms with van der Waals surface area (Å²) in [5.41, 5.74) is 3.26. The van der Waals surface area contributed by atoms with E-state index < -0.39 is 0 Å². The van der Waals surface area contributed by atoms with Crippen LogP contribution in [0.25, 0.3) is 11.6 Å². The second kappa shape index (κ2) is 10.9. The quantitative estimate of drug-likeness (QED) is 0.252. The van der Waals surface area contributed by atoms with Gasteiger partial charge in [0.15, 0.2) is 6.61 Å². The van der Waals surface area contributed by atoms with E-state index in [1.54, 1.807) is 54.6 Å². The van der Waals surface area contributed by atoms with Crippen molar-refractivity contribution < 1.29 is 9.53 Å². The zero-order valence-electron chi connectivity index (χ0n) is 16.8. The molecule has 0 bridgehead atoms. The lowest BCUT2D eigenvalue weighted by atomic mass is 10.0. The van der Waals surface area contributed by atoms with E-state index in [2.05, 4.69) is 27.3 Å². The molecule has 0 saturated heterocycles. The number of amides is 1. The first kappa shape index (κ1) is 24.2. The van der Waals surface area contributed by atoms with Crippen LogP contribution in [-0.2, 0) is 4.79 Å². The standard InChI is InChI=1S/C24H16BrCl3N2O2/c1-14-2-5-18(11-21(14)27)30-24(31)13-32-23-7-3-15(9-20(23)25)8-16(12-29)19-6-4-17(26)10-22(19)28/h2-11H,13H2,1H3,(H,30,31)/b16-8+. The fourth-order valence-corrected chi connectivity index (χ4v) is 3.98. The molecule has 0 radical (unpaired) electrons. The van der Waals surface area contributed by atoms with E-state index in [0.29, 0.717) is 42.1 Å². The summed E-state index contributed by atoms with van der Waals surface area (Å²) in [6.45, 7) is 1.71. The summed E-state index contributed by atoms with van der Waals surface area (Å²) in [5.74, 6) is 0.173. The first-order valence-corrected chi connectivity index (χ1v) is 11.2. The minimum atomic E-state index is -0.315. The lowest BCUT2D eigenvalue weighted by molar-refractivity contribution is -0.118. The zero-order valence-corrected chi connectivity index (χ0v) is 20.6. The molecule has 3 rings (SSSR count). The van der Waals surface area contributed by atoms with Gasteiger partial charge in [0.1, 0.15) is 5.75 Å². The van der Waals surface area contributed by atoms with Crippen LogP contribution in [0.2, 0.25) is 15.1 Å². The van der Waals surface area contributed by atoms with Crippen molar-refractivity contribution in [3.05, 3.63) is 90.8 Å². The summed E-state index contributed by atoms with van der Waals surface area (Å²) in [5, 5.41) is 13.8. The maximum Gasteiger partial charge on any atom is 0.262 e. The van der Waals surface area contributed by atoms with Crippen LogP contribution < -0.4 is 10.1 Å². The number of hydrogen-bond acceptors (Lipinski definition) is 3. The molecule has 32 heavy (non-hydrogen) atoms. The lowest BCUT2D eigenvalue weighted by Crippen LogP contribution is -2.20. The molecule has 1 N–H and O–H groups in total. The van der Waals surface area contributed by atoms with E-state index in [9.17, 15) is 10.1 Å². The Balaban J connectivity index is 1.69. The lowest BCUT2D eigenvalue weighted by Gasteiger charge is -2.10. The van der Waals surface area contributed by atoms with Gasteiger partial charge in [-0.2, -0.15) is 5.26 Å². The largest absolute Gasteiger partial charge is 0.483 e. The second-order valence-corrected chi connectivity index (χ2v) is 8.89. The number of rotatable bonds is 6. The fraction of sp³-hybridized carbons (Fsp3) is 0.0833. The van der Waals surface area contributed by atoms with Gasteiger partial charge in [-0.25, -0.2) is 0 Å². The number of carbonyl (C=O) groups excluding carboxylic acids is 1. The third-order valence-electron chi connectivity index (χ3n) is 4.42. The third kappa shape index (κ3) is 6.27. The fourth-order valence-electron chi connectivity index (χ4n) is 2.78. The molecule has 0 unspecified atom stereocenters. The predicted molar refractivity (Wildman–Crippen MR) is 134 cm³/mol. The zero-order chi connectivity index (χ0) is 23.3. The smallest absolute Gasteiger partial charge is 0.262 e. The van der Waals surface area contributed by atoms with Crippen LogP contribution >= 0.6 is 50.7 Å². The molecule has 0 aliphatic rings. The summed E-state index contributed by atoms with van der Waals surface area (Å²) in [4.78, 5) is 12.2. The average molecular weight is 551 g/mol. The summed E-state index contributed by atoms with van der Waals surface area (Å²) in [6.07, 6.45) is 1.71. The predicted octanol–water partition coefficient (Wildman–Crippen LogP) is 7.80. The third-order valence-corrected chi connectivity index (χ3v) is 6.00. The number of hydrogen-bond donors (Lipinski definition) is 1. The van der Waals surface area contributed by atoms with Crippen LogP contribution in [0, 0.1) is 18.3 Å². The molecule has 8 heteroatoms. The topological polar surface area (TPSA) is 62.1 Å². The average Bonchev–Trinajstić information content (AvgIpc) is 2.74. The Morgan fingerprint density at radius 1 is 1.09 bits per heavy atom. The van der Waals surface area contributed by atoms with Gasteiger partial charge in [-0.05, 0) is 76.5 Å². The molecule has 0 heterocycles. The Labute approximate surface area is 209 Å². The Morgan fingerprint density at radius 2 is 1.88 bits per heavy atom. The molecule has 162 valence electrons. The summed E-state index contributed by atoms with van der Waals surface area (Å²) in [6, 6.07) is 17.7. The number of allylic oxidation sites excluding steroid dienone is 1. The van der Waals surface area contributed by atoms with Crippen LogP contribution in [0.4, 0.5) is 5.69 Å². The van der Waals surface area contributed by atoms with Crippen molar-refractivity contribution in [2.75, 3.05) is 11.9 Å². The van der Waals surface area contributed by atoms with E-state index in [1.165, 1.54) is 0 Å². The maximum atomic E-state index is 12.2. The molecule has 0 fully saturated rings. The number of nitrogens with zero attached hydrogens (tertiary/aromatic N) is 1. The molecule has 3 aromatic rings. The Kier molecular flexibility index (Phi) is 8.22. The van der Waals surface area contributed by atoms with Crippen molar-refractivity contribution in [1.29, 1.82) is 5.26 Å². The molecule has 1 amide bonds. The highest BCUT2D eigenvalue weighted by molar-refractivity contribution is 9.10. The highest BCUT2D eigenvalue weighted by atomic mass is 79.9. The van der Waals surface area contributed by atoms with Gasteiger partial charge in [0.25, 0.3) is 5.91 Å². The summed E-state index contributed by atoms with van der Waals surface area (Å²) >= 11 is 21.7. The van der Waals surface area contributed by atoms with Gasteiger partial charge < -0.3 is 10.1 Å². The minimum Gasteiger partial charge on any atom is -0.483 e. The summed E-state index contributed by atoms with van der Waals surface area (Å²) in [7, 11) is 0. The van der Waals surface area contributed by atoms with Crippen molar-refractivity contribution in [3.63, 3.8) is 0 Å². The first-order chi connectivity index (χ1) is 15.3. The van der Waals surface area contributed by atoms with Crippen molar-refractivity contribution in [2.45, 2.75) is 6.92 Å². The number of carbonyl (C=O) groups is 1. The molecule has 0 aliphatic carbocycles. The summed E-state index contributed by atoms with van der Waals surface area (Å²) < 4.78 is 6.25. The van der Waals surface area contributed by atoms with Gasteiger partial charge in [0.05, 0.1) is 21.1 Å². The van der Waals surface area contributed by atoms with Crippen LogP contribution in [0.1, 0.15) is 16.7 Å². The molecule has 0 aliphatic heterocycles. The van der Waals surface area contributed by atoms with E-state index in [0.717, 1.165) is 11.1 Å². The molecule has 3 aromatic carbocycles. The number of halogens is 4. The minimum absolute atomic E-state index is 0.177. The number of anilines is 1. The van der Waals surface area contributed by atoms with Gasteiger partial charge in [-0.3, -0.25) is 4.79 Å². The Bertz CT molecular complexity index is 1250. The van der Waals surface area contributed by atoms with E-state index in [1.807, 2.05) is 13.0 Å². The molecule has 4 nitrogen and oxygen atoms in total. The van der Waals surface area contributed by atoms with Crippen molar-refractivity contribution >= 4 is 74.0 Å². The van der Waals surface area contributed by atoms with E-state index >= 15 is 0 Å². The molecular formula is C24H16BrCl3N2O2. The van der Waals surface area contributed by atoms with Crippen molar-refractivity contribution in [2.24, 2.45) is 0 Å². The number of ether oxygens (including phenoxy) is 1. The van der Waals surface area contributed by atoms with E-state index in [-0.39, 0.29) is 12.5 Å². The van der Waals surface area contributed by atoms with Crippen LogP contribution in [-0.4, -0.2) is 12.5 Å². The first-order valence-electron chi connectivity index (χ1n) is 9.32. The monoisotopic (exact) mass is 548 g/mol. The molecule has 0 spiro atoms. The Morgan fingerprint density at radius 3 is 2.53 bits per heavy atom. The second-order valence-electron chi connectivity index (χ2n) is 6.78. The number of aryl methyl sites for hydroxylation is 1. The molecule has 0 atom stereocenters. The highest BCUT2D eigenvalue weighted by Gasteiger charge is 2.10. The SMILES string of the molecule is Cc1ccc(NC(=O)COc2ccc(/C=C(\C#N)c3ccc(Cl)cc3Cl)cc2Br)cc1Cl. The molecular weight excluding hydrogens is 535 g/mol. The maximum absolute atomic E-state index is 12.2. The van der Waals surface area contributed by atoms with Crippen LogP contribution in [0.15, 0.2) is 59.1 Å². The van der Waals surface area contributed by atoms with Crippen LogP contribution in [0.3, 0.4) is 0 Å². The molecule has 0 saturated carbocycles. The van der Waals surface area contributed by atoms with Gasteiger partial charge >= 0.3 is 0 Å². The number of nitrogens with one attached hydrogen (secondary N) is 1. The Hall–Kier alpha value is -2.49. The normalized spacial score (nSPS) is 11.1. The van der Waals surface area contributed by atoms with Crippen molar-refractivity contribution in [3.8, 4) is 11.8 Å².